The summed E-state index contributed by atoms with van der Waals surface area (Å²) in [7, 11) is 1.41. The Morgan fingerprint density at radius 1 is 1.67 bits per heavy atom. The molecule has 0 radical (unpaired) electrons. The van der Waals surface area contributed by atoms with Crippen LogP contribution in [0.3, 0.4) is 0 Å². The number of H-pyrrole nitrogens is 1. The van der Waals surface area contributed by atoms with Gasteiger partial charge >= 0.3 is 5.97 Å². The number of anilines is 1. The van der Waals surface area contributed by atoms with Crippen molar-refractivity contribution in [2.24, 2.45) is 11.8 Å². The van der Waals surface area contributed by atoms with Gasteiger partial charge in [0.1, 0.15) is 0 Å². The van der Waals surface area contributed by atoms with E-state index >= 15 is 0 Å². The molecule has 2 rings (SSSR count). The van der Waals surface area contributed by atoms with E-state index in [0.29, 0.717) is 18.9 Å². The van der Waals surface area contributed by atoms with E-state index in [2.05, 4.69) is 9.97 Å². The Hall–Kier alpha value is -2.05. The fraction of sp³-hybridized carbons (Fsp3) is 0.545. The van der Waals surface area contributed by atoms with Gasteiger partial charge in [0.2, 0.25) is 5.75 Å². The third kappa shape index (κ3) is 2.03. The molecule has 0 spiro atoms. The molecular formula is C11H15N3O4. The van der Waals surface area contributed by atoms with Crippen molar-refractivity contribution in [3.8, 4) is 5.75 Å². The van der Waals surface area contributed by atoms with Gasteiger partial charge in [-0.1, -0.05) is 6.92 Å². The minimum atomic E-state index is -0.800. The summed E-state index contributed by atoms with van der Waals surface area (Å²) in [5, 5.41) is 8.91. The molecule has 1 unspecified atom stereocenters. The predicted molar refractivity (Wildman–Crippen MR) is 63.9 cm³/mol. The molecule has 1 aliphatic heterocycles. The van der Waals surface area contributed by atoms with E-state index in [9.17, 15) is 9.59 Å². The standard InChI is InChI=1S/C11H15N3O4/c1-6(11(16)17)7-3-14(4-7)9-8(18-2)10(15)13-5-12-9/h5-7H,3-4H2,1-2H3,(H,16,17)(H,12,13,15). The zero-order valence-corrected chi connectivity index (χ0v) is 10.2. The van der Waals surface area contributed by atoms with E-state index in [1.54, 1.807) is 6.92 Å². The molecular weight excluding hydrogens is 238 g/mol. The summed E-state index contributed by atoms with van der Waals surface area (Å²) >= 11 is 0. The molecule has 2 N–H and O–H groups in total. The molecule has 1 aliphatic rings. The predicted octanol–water partition coefficient (Wildman–Crippen LogP) is -0.0646. The summed E-state index contributed by atoms with van der Waals surface area (Å²) < 4.78 is 5.01. The van der Waals surface area contributed by atoms with Crippen LogP contribution in [0.2, 0.25) is 0 Å². The third-order valence-corrected chi connectivity index (χ3v) is 3.30. The van der Waals surface area contributed by atoms with Crippen LogP contribution in [0, 0.1) is 11.8 Å². The highest BCUT2D eigenvalue weighted by Crippen LogP contribution is 2.31. The largest absolute Gasteiger partial charge is 0.489 e. The van der Waals surface area contributed by atoms with Crippen molar-refractivity contribution in [1.29, 1.82) is 0 Å². The molecule has 7 nitrogen and oxygen atoms in total. The van der Waals surface area contributed by atoms with Crippen LogP contribution < -0.4 is 15.2 Å². The van der Waals surface area contributed by atoms with Crippen molar-refractivity contribution < 1.29 is 14.6 Å². The second-order valence-corrected chi connectivity index (χ2v) is 4.38. The number of aromatic nitrogens is 2. The zero-order chi connectivity index (χ0) is 13.3. The monoisotopic (exact) mass is 253 g/mol. The fourth-order valence-corrected chi connectivity index (χ4v) is 1.99. The SMILES string of the molecule is COc1c(N2CC(C(C)C(=O)O)C2)nc[nH]c1=O. The average molecular weight is 253 g/mol. The van der Waals surface area contributed by atoms with E-state index in [4.69, 9.17) is 9.84 Å². The number of carboxylic acid groups (broad SMARTS) is 1. The number of aliphatic carboxylic acids is 1. The maximum atomic E-state index is 11.5. The van der Waals surface area contributed by atoms with Crippen molar-refractivity contribution in [3.63, 3.8) is 0 Å². The number of hydrogen-bond acceptors (Lipinski definition) is 5. The van der Waals surface area contributed by atoms with Crippen LogP contribution in [0.4, 0.5) is 5.82 Å². The molecule has 0 aromatic carbocycles. The Balaban J connectivity index is 2.11. The number of carbonyl (C=O) groups is 1. The minimum Gasteiger partial charge on any atom is -0.489 e. The second kappa shape index (κ2) is 4.67. The minimum absolute atomic E-state index is 0.0771. The first-order valence-electron chi connectivity index (χ1n) is 5.64. The van der Waals surface area contributed by atoms with Gasteiger partial charge in [0.25, 0.3) is 5.56 Å². The first-order chi connectivity index (χ1) is 8.54. The molecule has 2 heterocycles. The Morgan fingerprint density at radius 3 is 2.89 bits per heavy atom. The zero-order valence-electron chi connectivity index (χ0n) is 10.2. The quantitative estimate of drug-likeness (QED) is 0.780. The molecule has 1 aromatic heterocycles. The van der Waals surface area contributed by atoms with Crippen molar-refractivity contribution in [2.45, 2.75) is 6.92 Å². The lowest BCUT2D eigenvalue weighted by Crippen LogP contribution is -2.51. The summed E-state index contributed by atoms with van der Waals surface area (Å²) in [6.45, 7) is 2.83. The molecule has 98 valence electrons. The van der Waals surface area contributed by atoms with Gasteiger partial charge in [-0.05, 0) is 0 Å². The maximum Gasteiger partial charge on any atom is 0.306 e. The van der Waals surface area contributed by atoms with E-state index in [0.717, 1.165) is 0 Å². The Bertz CT molecular complexity index is 507. The summed E-state index contributed by atoms with van der Waals surface area (Å²) in [5.74, 6) is -0.484. The van der Waals surface area contributed by atoms with E-state index < -0.39 is 11.9 Å². The highest BCUT2D eigenvalue weighted by atomic mass is 16.5. The van der Waals surface area contributed by atoms with Crippen LogP contribution in [-0.2, 0) is 4.79 Å². The van der Waals surface area contributed by atoms with Gasteiger partial charge < -0.3 is 19.7 Å². The number of ether oxygens (including phenoxy) is 1. The van der Waals surface area contributed by atoms with Gasteiger partial charge in [0.15, 0.2) is 5.82 Å². The average Bonchev–Trinajstić information content (AvgIpc) is 2.27. The van der Waals surface area contributed by atoms with Crippen LogP contribution in [0.15, 0.2) is 11.1 Å². The topological polar surface area (TPSA) is 95.5 Å². The lowest BCUT2D eigenvalue weighted by molar-refractivity contribution is -0.143. The summed E-state index contributed by atoms with van der Waals surface area (Å²) in [4.78, 5) is 30.7. The number of aromatic amines is 1. The lowest BCUT2D eigenvalue weighted by atomic mass is 9.87. The first kappa shape index (κ1) is 12.4. The third-order valence-electron chi connectivity index (χ3n) is 3.30. The Labute approximate surface area is 103 Å². The van der Waals surface area contributed by atoms with Crippen molar-refractivity contribution >= 4 is 11.8 Å². The summed E-state index contributed by atoms with van der Waals surface area (Å²) in [6.07, 6.45) is 1.31. The summed E-state index contributed by atoms with van der Waals surface area (Å²) in [5.41, 5.74) is -0.336. The maximum absolute atomic E-state index is 11.5. The van der Waals surface area contributed by atoms with Gasteiger partial charge in [0.05, 0.1) is 19.4 Å². The molecule has 18 heavy (non-hydrogen) atoms. The number of carboxylic acids is 1. The van der Waals surface area contributed by atoms with Gasteiger partial charge in [-0.2, -0.15) is 0 Å². The van der Waals surface area contributed by atoms with Gasteiger partial charge in [-0.25, -0.2) is 4.98 Å². The van der Waals surface area contributed by atoms with Gasteiger partial charge in [-0.3, -0.25) is 9.59 Å². The molecule has 1 aromatic rings. The van der Waals surface area contributed by atoms with E-state index in [-0.39, 0.29) is 17.2 Å². The first-order valence-corrected chi connectivity index (χ1v) is 5.64. The van der Waals surface area contributed by atoms with Crippen LogP contribution in [-0.4, -0.2) is 41.2 Å². The van der Waals surface area contributed by atoms with Crippen LogP contribution in [0.1, 0.15) is 6.92 Å². The Morgan fingerprint density at radius 2 is 2.33 bits per heavy atom. The van der Waals surface area contributed by atoms with Crippen molar-refractivity contribution in [2.75, 3.05) is 25.1 Å². The van der Waals surface area contributed by atoms with E-state index in [1.807, 2.05) is 4.90 Å². The highest BCUT2D eigenvalue weighted by molar-refractivity contribution is 5.70. The number of rotatable bonds is 4. The molecule has 0 saturated carbocycles. The molecule has 7 heteroatoms. The second-order valence-electron chi connectivity index (χ2n) is 4.38. The number of methoxy groups -OCH3 is 1. The van der Waals surface area contributed by atoms with Crippen molar-refractivity contribution in [1.82, 2.24) is 9.97 Å². The van der Waals surface area contributed by atoms with Crippen LogP contribution in [0.5, 0.6) is 5.75 Å². The lowest BCUT2D eigenvalue weighted by Gasteiger charge is -2.42. The molecule has 0 bridgehead atoms. The Kier molecular flexibility index (Phi) is 3.22. The van der Waals surface area contributed by atoms with Crippen LogP contribution in [0.25, 0.3) is 0 Å². The normalized spacial score (nSPS) is 17.1. The number of hydrogen-bond donors (Lipinski definition) is 2. The molecule has 0 aliphatic carbocycles. The van der Waals surface area contributed by atoms with Gasteiger partial charge in [-0.15, -0.1) is 0 Å². The van der Waals surface area contributed by atoms with Crippen molar-refractivity contribution in [3.05, 3.63) is 16.7 Å². The smallest absolute Gasteiger partial charge is 0.306 e. The molecule has 1 atom stereocenters. The fourth-order valence-electron chi connectivity index (χ4n) is 1.99. The number of nitrogens with zero attached hydrogens (tertiary/aromatic N) is 2. The van der Waals surface area contributed by atoms with Crippen LogP contribution >= 0.6 is 0 Å². The van der Waals surface area contributed by atoms with E-state index in [1.165, 1.54) is 13.4 Å². The summed E-state index contributed by atoms with van der Waals surface area (Å²) in [6, 6.07) is 0. The highest BCUT2D eigenvalue weighted by Gasteiger charge is 2.36. The van der Waals surface area contributed by atoms with Gasteiger partial charge in [0, 0.05) is 19.0 Å². The molecule has 1 saturated heterocycles. The number of nitrogens with one attached hydrogen (secondary N) is 1. The molecule has 1 fully saturated rings. The molecule has 0 amide bonds.